The Kier molecular flexibility index (Phi) is 9.81. The Bertz CT molecular complexity index is 1120. The van der Waals surface area contributed by atoms with Crippen molar-refractivity contribution in [2.45, 2.75) is 44.0 Å². The third-order valence-electron chi connectivity index (χ3n) is 5.26. The van der Waals surface area contributed by atoms with E-state index in [0.717, 1.165) is 30.7 Å². The van der Waals surface area contributed by atoms with Crippen LogP contribution in [0.4, 0.5) is 5.69 Å². The fourth-order valence-corrected chi connectivity index (χ4v) is 5.53. The highest BCUT2D eigenvalue weighted by Gasteiger charge is 2.32. The van der Waals surface area contributed by atoms with Crippen LogP contribution in [0.2, 0.25) is 10.0 Å². The van der Waals surface area contributed by atoms with Gasteiger partial charge in [0.15, 0.2) is 0 Å². The molecule has 0 aromatic heterocycles. The van der Waals surface area contributed by atoms with Crippen molar-refractivity contribution in [3.63, 3.8) is 0 Å². The topological polar surface area (TPSA) is 127 Å². The highest BCUT2D eigenvalue weighted by molar-refractivity contribution is 7.89. The summed E-state index contributed by atoms with van der Waals surface area (Å²) in [6, 6.07) is 8.66. The first-order valence-electron chi connectivity index (χ1n) is 10.4. The first-order valence-corrected chi connectivity index (χ1v) is 12.6. The van der Waals surface area contributed by atoms with Gasteiger partial charge in [-0.05, 0) is 42.4 Å². The summed E-state index contributed by atoms with van der Waals surface area (Å²) in [5.41, 5.74) is 1.66. The lowest BCUT2D eigenvalue weighted by Gasteiger charge is -2.16. The SMILES string of the molecule is CC(C)CCNS(=O)(=O)c1cc(C(=O)NC2CCc3ccccc32)c(Cl)c([NH+]=O)c1Cl.CO. The molecule has 1 unspecified atom stereocenters. The number of rotatable bonds is 8. The first kappa shape index (κ1) is 27.2. The summed E-state index contributed by atoms with van der Waals surface area (Å²) in [6.07, 6.45) is 2.15. The molecule has 11 heteroatoms. The van der Waals surface area contributed by atoms with Gasteiger partial charge in [-0.3, -0.25) is 4.79 Å². The van der Waals surface area contributed by atoms with E-state index in [0.29, 0.717) is 12.8 Å². The molecule has 33 heavy (non-hydrogen) atoms. The third-order valence-corrected chi connectivity index (χ3v) is 7.64. The van der Waals surface area contributed by atoms with Crippen molar-refractivity contribution in [1.82, 2.24) is 10.0 Å². The van der Waals surface area contributed by atoms with Gasteiger partial charge in [-0.1, -0.05) is 61.3 Å². The molecule has 2 aromatic rings. The lowest BCUT2D eigenvalue weighted by molar-refractivity contribution is -0.379. The Morgan fingerprint density at radius 1 is 1.21 bits per heavy atom. The van der Waals surface area contributed by atoms with E-state index in [2.05, 4.69) is 10.0 Å². The van der Waals surface area contributed by atoms with Crippen LogP contribution in [0.5, 0.6) is 0 Å². The summed E-state index contributed by atoms with van der Waals surface area (Å²) in [5, 5.41) is 10.9. The Labute approximate surface area is 203 Å². The van der Waals surface area contributed by atoms with Crippen LogP contribution in [0, 0.1) is 10.8 Å². The Morgan fingerprint density at radius 2 is 1.88 bits per heavy atom. The molecular formula is C22H28Cl2N3O5S+. The minimum absolute atomic E-state index is 0.141. The van der Waals surface area contributed by atoms with Crippen LogP contribution >= 0.6 is 23.2 Å². The van der Waals surface area contributed by atoms with Crippen molar-refractivity contribution in [2.75, 3.05) is 13.7 Å². The fraction of sp³-hybridized carbons (Fsp3) is 0.409. The van der Waals surface area contributed by atoms with Crippen molar-refractivity contribution in [3.05, 3.63) is 62.0 Å². The average molecular weight is 517 g/mol. The summed E-state index contributed by atoms with van der Waals surface area (Å²) in [4.78, 5) is 24.1. The van der Waals surface area contributed by atoms with Gasteiger partial charge in [0.05, 0.1) is 11.6 Å². The number of halogens is 2. The molecule has 0 saturated carbocycles. The van der Waals surface area contributed by atoms with Crippen LogP contribution < -0.4 is 15.2 Å². The molecule has 0 aliphatic heterocycles. The molecule has 8 nitrogen and oxygen atoms in total. The molecule has 180 valence electrons. The first-order chi connectivity index (χ1) is 15.7. The van der Waals surface area contributed by atoms with Gasteiger partial charge >= 0.3 is 0 Å². The predicted molar refractivity (Wildman–Crippen MR) is 128 cm³/mol. The number of fused-ring (bicyclic) bond motifs is 1. The average Bonchev–Trinajstić information content (AvgIpc) is 3.17. The third kappa shape index (κ3) is 6.30. The van der Waals surface area contributed by atoms with Crippen molar-refractivity contribution >= 4 is 44.8 Å². The summed E-state index contributed by atoms with van der Waals surface area (Å²) >= 11 is 12.4. The number of aryl methyl sites for hydroxylation is 1. The largest absolute Gasteiger partial charge is 0.400 e. The number of nitrogens with one attached hydrogen (secondary N) is 3. The van der Waals surface area contributed by atoms with E-state index in [1.807, 2.05) is 38.1 Å². The number of aliphatic hydroxyl groups is 1. The molecule has 0 saturated heterocycles. The van der Waals surface area contributed by atoms with E-state index in [1.165, 1.54) is 0 Å². The van der Waals surface area contributed by atoms with Gasteiger partial charge in [0.25, 0.3) is 11.6 Å². The molecule has 4 N–H and O–H groups in total. The van der Waals surface area contributed by atoms with Gasteiger partial charge in [-0.15, -0.1) is 0 Å². The van der Waals surface area contributed by atoms with Crippen molar-refractivity contribution < 1.29 is 23.5 Å². The Morgan fingerprint density at radius 3 is 2.52 bits per heavy atom. The van der Waals surface area contributed by atoms with Gasteiger partial charge in [-0.2, -0.15) is 0 Å². The highest BCUT2D eigenvalue weighted by atomic mass is 35.5. The standard InChI is InChI=1S/C21H23Cl2N3O4S.CH4O/c1-12(2)9-10-24-31(29,30)17-11-15(18(22)20(26-28)19(17)23)21(27)25-16-8-7-13-5-3-4-6-14(13)16;1-2/h3-6,11-12,16,24H,7-10H2,1-2H3,(H,25,27);2H,1H3/p+1. The van der Waals surface area contributed by atoms with E-state index in [9.17, 15) is 18.1 Å². The molecule has 2 aromatic carbocycles. The molecule has 0 spiro atoms. The number of carbonyl (C=O) groups is 1. The van der Waals surface area contributed by atoms with E-state index < -0.39 is 15.9 Å². The molecule has 1 aliphatic rings. The molecule has 3 rings (SSSR count). The second-order valence-corrected chi connectivity index (χ2v) is 10.4. The number of hydrogen-bond acceptors (Lipinski definition) is 5. The van der Waals surface area contributed by atoms with Gasteiger partial charge in [-0.25, -0.2) is 13.1 Å². The molecule has 0 heterocycles. The van der Waals surface area contributed by atoms with Crippen molar-refractivity contribution in [1.29, 1.82) is 0 Å². The lowest BCUT2D eigenvalue weighted by atomic mass is 10.1. The van der Waals surface area contributed by atoms with Gasteiger partial charge in [0, 0.05) is 23.7 Å². The van der Waals surface area contributed by atoms with Gasteiger partial charge in [0.2, 0.25) is 10.0 Å². The van der Waals surface area contributed by atoms with Gasteiger partial charge in [0.1, 0.15) is 14.9 Å². The second-order valence-electron chi connectivity index (χ2n) is 7.87. The van der Waals surface area contributed by atoms with Crippen molar-refractivity contribution in [2.24, 2.45) is 5.92 Å². The number of sulfonamides is 1. The van der Waals surface area contributed by atoms with Crippen LogP contribution in [-0.2, 0) is 16.4 Å². The molecule has 0 fully saturated rings. The van der Waals surface area contributed by atoms with E-state index in [4.69, 9.17) is 28.3 Å². The highest BCUT2D eigenvalue weighted by Crippen LogP contribution is 2.36. The number of aliphatic hydroxyl groups excluding tert-OH is 1. The second kappa shape index (κ2) is 11.9. The molecule has 0 radical (unpaired) electrons. The van der Waals surface area contributed by atoms with Crippen LogP contribution in [0.25, 0.3) is 0 Å². The molecule has 1 atom stereocenters. The zero-order chi connectivity index (χ0) is 24.8. The Balaban J connectivity index is 0.00000187. The van der Waals surface area contributed by atoms with E-state index in [1.54, 1.807) is 5.18 Å². The number of hydrogen-bond donors (Lipinski definition) is 4. The fourth-order valence-electron chi connectivity index (χ4n) is 3.57. The zero-order valence-electron chi connectivity index (χ0n) is 18.6. The predicted octanol–water partition coefficient (Wildman–Crippen LogP) is 2.82. The maximum atomic E-state index is 13.0. The summed E-state index contributed by atoms with van der Waals surface area (Å²) in [5.74, 6) is -0.295. The monoisotopic (exact) mass is 516 g/mol. The quantitative estimate of drug-likeness (QED) is 0.429. The minimum Gasteiger partial charge on any atom is -0.400 e. The van der Waals surface area contributed by atoms with E-state index >= 15 is 0 Å². The number of carbonyl (C=O) groups excluding carboxylic acids is 1. The van der Waals surface area contributed by atoms with Gasteiger partial charge < -0.3 is 10.4 Å². The molecule has 1 amide bonds. The number of amides is 1. The Hall–Kier alpha value is -2.04. The van der Waals surface area contributed by atoms with Crippen LogP contribution in [0.1, 0.15) is 54.2 Å². The summed E-state index contributed by atoms with van der Waals surface area (Å²) < 4.78 is 28.0. The minimum atomic E-state index is -4.07. The summed E-state index contributed by atoms with van der Waals surface area (Å²) in [7, 11) is -3.07. The zero-order valence-corrected chi connectivity index (χ0v) is 20.9. The summed E-state index contributed by atoms with van der Waals surface area (Å²) in [6.45, 7) is 4.12. The molecule has 0 bridgehead atoms. The van der Waals surface area contributed by atoms with Crippen LogP contribution in [0.15, 0.2) is 35.2 Å². The normalized spacial score (nSPS) is 14.9. The number of nitroso groups, excluding NO2 is 1. The number of benzene rings is 2. The lowest BCUT2D eigenvalue weighted by Crippen LogP contribution is -2.56. The molecular weight excluding hydrogens is 489 g/mol. The van der Waals surface area contributed by atoms with Crippen molar-refractivity contribution in [3.8, 4) is 0 Å². The maximum Gasteiger partial charge on any atom is 0.292 e. The molecule has 1 aliphatic carbocycles. The van der Waals surface area contributed by atoms with E-state index in [-0.39, 0.29) is 44.7 Å². The van der Waals surface area contributed by atoms with Crippen LogP contribution in [0.3, 0.4) is 0 Å². The maximum absolute atomic E-state index is 13.0. The smallest absolute Gasteiger partial charge is 0.292 e. The van der Waals surface area contributed by atoms with Crippen LogP contribution in [-0.4, -0.2) is 33.1 Å².